The molecule has 5 nitrogen and oxygen atoms in total. The molecule has 0 saturated heterocycles. The number of aromatic nitrogens is 4. The van der Waals surface area contributed by atoms with Crippen molar-refractivity contribution in [3.63, 3.8) is 0 Å². The van der Waals surface area contributed by atoms with Crippen molar-refractivity contribution in [2.24, 2.45) is 5.73 Å². The molecule has 0 aliphatic heterocycles. The second-order valence-corrected chi connectivity index (χ2v) is 5.33. The first-order valence-electron chi connectivity index (χ1n) is 5.84. The molecule has 0 amide bonds. The third-order valence-corrected chi connectivity index (χ3v) is 3.84. The molecule has 19 heavy (non-hydrogen) atoms. The van der Waals surface area contributed by atoms with Gasteiger partial charge >= 0.3 is 0 Å². The number of rotatable bonds is 3. The van der Waals surface area contributed by atoms with E-state index in [1.807, 2.05) is 6.92 Å². The van der Waals surface area contributed by atoms with Crippen LogP contribution in [0.25, 0.3) is 4.96 Å². The highest BCUT2D eigenvalue weighted by atomic mass is 32.1. The van der Waals surface area contributed by atoms with Gasteiger partial charge in [0, 0.05) is 6.42 Å². The summed E-state index contributed by atoms with van der Waals surface area (Å²) in [5, 5.41) is 13.4. The van der Waals surface area contributed by atoms with Gasteiger partial charge < -0.3 is 5.73 Å². The van der Waals surface area contributed by atoms with Crippen LogP contribution in [-0.2, 0) is 6.42 Å². The average Bonchev–Trinajstić information content (AvgIpc) is 2.94. The van der Waals surface area contributed by atoms with Crippen LogP contribution in [0.5, 0.6) is 0 Å². The lowest BCUT2D eigenvalue weighted by molar-refractivity contribution is 0.627. The van der Waals surface area contributed by atoms with Crippen LogP contribution in [0.15, 0.2) is 24.3 Å². The van der Waals surface area contributed by atoms with Crippen LogP contribution < -0.4 is 5.73 Å². The van der Waals surface area contributed by atoms with Gasteiger partial charge in [-0.3, -0.25) is 0 Å². The maximum atomic E-state index is 12.9. The Bertz CT molecular complexity index is 701. The predicted molar refractivity (Wildman–Crippen MR) is 70.5 cm³/mol. The maximum Gasteiger partial charge on any atom is 0.234 e. The maximum absolute atomic E-state index is 12.9. The zero-order valence-corrected chi connectivity index (χ0v) is 11.1. The minimum atomic E-state index is -0.247. The van der Waals surface area contributed by atoms with Crippen molar-refractivity contribution in [1.29, 1.82) is 0 Å². The van der Waals surface area contributed by atoms with Crippen LogP contribution in [0.2, 0.25) is 0 Å². The summed E-state index contributed by atoms with van der Waals surface area (Å²) in [7, 11) is 0. The van der Waals surface area contributed by atoms with Crippen molar-refractivity contribution in [3.05, 3.63) is 46.5 Å². The zero-order chi connectivity index (χ0) is 13.4. The van der Waals surface area contributed by atoms with Crippen molar-refractivity contribution < 1.29 is 4.39 Å². The molecule has 0 radical (unpaired) electrons. The van der Waals surface area contributed by atoms with Gasteiger partial charge in [-0.05, 0) is 24.6 Å². The van der Waals surface area contributed by atoms with E-state index in [0.29, 0.717) is 6.42 Å². The Morgan fingerprint density at radius 2 is 2.05 bits per heavy atom. The van der Waals surface area contributed by atoms with Gasteiger partial charge in [0.25, 0.3) is 0 Å². The summed E-state index contributed by atoms with van der Waals surface area (Å²) in [6.45, 7) is 1.88. The third-order valence-electron chi connectivity index (χ3n) is 2.74. The summed E-state index contributed by atoms with van der Waals surface area (Å²) in [6, 6.07) is 6.21. The molecule has 98 valence electrons. The van der Waals surface area contributed by atoms with E-state index >= 15 is 0 Å². The fourth-order valence-electron chi connectivity index (χ4n) is 1.75. The quantitative estimate of drug-likeness (QED) is 0.794. The Balaban J connectivity index is 1.94. The van der Waals surface area contributed by atoms with Crippen molar-refractivity contribution in [2.75, 3.05) is 0 Å². The first-order chi connectivity index (χ1) is 9.13. The smallest absolute Gasteiger partial charge is 0.234 e. The van der Waals surface area contributed by atoms with Crippen LogP contribution in [0, 0.1) is 5.82 Å². The number of nitrogens with two attached hydrogens (primary N) is 1. The highest BCUT2D eigenvalue weighted by molar-refractivity contribution is 7.16. The lowest BCUT2D eigenvalue weighted by atomic mass is 10.1. The molecule has 0 aliphatic carbocycles. The van der Waals surface area contributed by atoms with E-state index in [2.05, 4.69) is 15.3 Å². The Morgan fingerprint density at radius 1 is 1.32 bits per heavy atom. The molecule has 0 bridgehead atoms. The average molecular weight is 277 g/mol. The van der Waals surface area contributed by atoms with Gasteiger partial charge in [-0.1, -0.05) is 23.5 Å². The van der Waals surface area contributed by atoms with E-state index in [-0.39, 0.29) is 11.9 Å². The SMILES string of the molecule is CC(N)c1nn2c(Cc3ccc(F)cc3)nnc2s1. The van der Waals surface area contributed by atoms with Gasteiger partial charge in [0.05, 0.1) is 6.04 Å². The minimum absolute atomic E-state index is 0.120. The zero-order valence-electron chi connectivity index (χ0n) is 10.2. The van der Waals surface area contributed by atoms with Crippen molar-refractivity contribution >= 4 is 16.3 Å². The third kappa shape index (κ3) is 2.34. The first-order valence-corrected chi connectivity index (χ1v) is 6.66. The molecular formula is C12H12FN5S. The van der Waals surface area contributed by atoms with E-state index in [9.17, 15) is 4.39 Å². The van der Waals surface area contributed by atoms with Crippen LogP contribution in [0.1, 0.15) is 29.4 Å². The Labute approximate surface area is 112 Å². The van der Waals surface area contributed by atoms with Gasteiger partial charge in [0.1, 0.15) is 10.8 Å². The van der Waals surface area contributed by atoms with Gasteiger partial charge in [0.2, 0.25) is 4.96 Å². The molecule has 3 rings (SSSR count). The molecule has 1 atom stereocenters. The summed E-state index contributed by atoms with van der Waals surface area (Å²) in [6.07, 6.45) is 0.559. The summed E-state index contributed by atoms with van der Waals surface area (Å²) in [4.78, 5) is 0.726. The van der Waals surface area contributed by atoms with Gasteiger partial charge in [-0.2, -0.15) is 9.61 Å². The second kappa shape index (κ2) is 4.67. The fraction of sp³-hybridized carbons (Fsp3) is 0.250. The number of hydrogen-bond donors (Lipinski definition) is 1. The molecule has 2 N–H and O–H groups in total. The summed E-state index contributed by atoms with van der Waals surface area (Å²) < 4.78 is 14.6. The summed E-state index contributed by atoms with van der Waals surface area (Å²) in [5.74, 6) is 0.479. The molecule has 1 unspecified atom stereocenters. The monoisotopic (exact) mass is 277 g/mol. The van der Waals surface area contributed by atoms with Crippen LogP contribution >= 0.6 is 11.3 Å². The fourth-order valence-corrected chi connectivity index (χ4v) is 2.56. The summed E-state index contributed by atoms with van der Waals surface area (Å²) in [5.41, 5.74) is 6.76. The standard InChI is InChI=1S/C12H12FN5S/c1-7(14)11-17-18-10(15-16-12(18)19-11)6-8-2-4-9(13)5-3-8/h2-5,7H,6,14H2,1H3. The lowest BCUT2D eigenvalue weighted by Gasteiger charge is -1.99. The van der Waals surface area contributed by atoms with E-state index < -0.39 is 0 Å². The van der Waals surface area contributed by atoms with Crippen molar-refractivity contribution in [2.45, 2.75) is 19.4 Å². The Kier molecular flexibility index (Phi) is 3.00. The highest BCUT2D eigenvalue weighted by Gasteiger charge is 2.14. The molecule has 0 aliphatic rings. The molecule has 2 aromatic heterocycles. The Morgan fingerprint density at radius 3 is 2.74 bits per heavy atom. The van der Waals surface area contributed by atoms with E-state index in [4.69, 9.17) is 5.73 Å². The molecule has 0 saturated carbocycles. The predicted octanol–water partition coefficient (Wildman–Crippen LogP) is 1.94. The largest absolute Gasteiger partial charge is 0.322 e. The molecule has 2 heterocycles. The van der Waals surface area contributed by atoms with Crippen LogP contribution in [-0.4, -0.2) is 19.8 Å². The van der Waals surface area contributed by atoms with Gasteiger partial charge in [-0.25, -0.2) is 4.39 Å². The van der Waals surface area contributed by atoms with Crippen LogP contribution in [0.4, 0.5) is 4.39 Å². The minimum Gasteiger partial charge on any atom is -0.322 e. The van der Waals surface area contributed by atoms with E-state index in [1.54, 1.807) is 16.6 Å². The van der Waals surface area contributed by atoms with E-state index in [1.165, 1.54) is 23.5 Å². The molecule has 3 aromatic rings. The number of fused-ring (bicyclic) bond motifs is 1. The number of nitrogens with zero attached hydrogens (tertiary/aromatic N) is 4. The number of hydrogen-bond acceptors (Lipinski definition) is 5. The number of halogens is 1. The van der Waals surface area contributed by atoms with Gasteiger partial charge in [0.15, 0.2) is 5.82 Å². The molecular weight excluding hydrogens is 265 g/mol. The number of benzene rings is 1. The van der Waals surface area contributed by atoms with Crippen molar-refractivity contribution in [3.8, 4) is 0 Å². The van der Waals surface area contributed by atoms with Crippen LogP contribution in [0.3, 0.4) is 0 Å². The molecule has 1 aromatic carbocycles. The molecule has 0 spiro atoms. The molecule has 0 fully saturated rings. The summed E-state index contributed by atoms with van der Waals surface area (Å²) >= 11 is 1.43. The highest BCUT2D eigenvalue weighted by Crippen LogP contribution is 2.19. The first kappa shape index (κ1) is 12.2. The second-order valence-electron chi connectivity index (χ2n) is 4.34. The Hall–Kier alpha value is -1.86. The van der Waals surface area contributed by atoms with Gasteiger partial charge in [-0.15, -0.1) is 10.2 Å². The normalized spacial score (nSPS) is 13.0. The topological polar surface area (TPSA) is 69.1 Å². The van der Waals surface area contributed by atoms with Crippen molar-refractivity contribution in [1.82, 2.24) is 19.8 Å². The van der Waals surface area contributed by atoms with E-state index in [0.717, 1.165) is 21.4 Å². The lowest BCUT2D eigenvalue weighted by Crippen LogP contribution is -2.06. The molecule has 7 heteroatoms.